The summed E-state index contributed by atoms with van der Waals surface area (Å²) in [6.07, 6.45) is 2.81. The molecular weight excluding hydrogens is 277 g/mol. The minimum atomic E-state index is -0.116. The summed E-state index contributed by atoms with van der Waals surface area (Å²) in [5.41, 5.74) is 2.08. The Labute approximate surface area is 132 Å². The molecule has 0 bridgehead atoms. The van der Waals surface area contributed by atoms with Crippen LogP contribution in [0.3, 0.4) is 0 Å². The molecule has 0 aliphatic rings. The molecule has 2 aromatic carbocycles. The molecule has 0 aromatic heterocycles. The highest BCUT2D eigenvalue weighted by Gasteiger charge is 2.04. The van der Waals surface area contributed by atoms with Crippen molar-refractivity contribution in [2.75, 3.05) is 13.7 Å². The van der Waals surface area contributed by atoms with Gasteiger partial charge >= 0.3 is 0 Å². The van der Waals surface area contributed by atoms with Gasteiger partial charge in [0.25, 0.3) is 0 Å². The van der Waals surface area contributed by atoms with Crippen molar-refractivity contribution in [3.05, 3.63) is 65.5 Å². The van der Waals surface area contributed by atoms with Crippen LogP contribution in [0.25, 0.3) is 0 Å². The van der Waals surface area contributed by atoms with Gasteiger partial charge in [-0.2, -0.15) is 0 Å². The molecule has 0 aliphatic heterocycles. The molecule has 0 saturated heterocycles. The van der Waals surface area contributed by atoms with Crippen molar-refractivity contribution in [2.24, 2.45) is 0 Å². The lowest BCUT2D eigenvalue weighted by Crippen LogP contribution is -2.28. The summed E-state index contributed by atoms with van der Waals surface area (Å²) in [5, 5.41) is 3.46. The van der Waals surface area contributed by atoms with Crippen LogP contribution in [0.1, 0.15) is 24.5 Å². The standard InChI is InChI=1S/C19H24FNO/c1-15(7-8-16-9-11-18(22-2)12-10-16)21-14-13-17-5-3-4-6-19(17)20/h3-6,9-12,15,21H,7-8,13-14H2,1-2H3/t15-/m1/s1. The molecule has 0 spiro atoms. The Kier molecular flexibility index (Phi) is 6.41. The summed E-state index contributed by atoms with van der Waals surface area (Å²) < 4.78 is 18.7. The normalized spacial score (nSPS) is 12.1. The minimum Gasteiger partial charge on any atom is -0.497 e. The van der Waals surface area contributed by atoms with E-state index >= 15 is 0 Å². The van der Waals surface area contributed by atoms with Gasteiger partial charge in [-0.05, 0) is 62.1 Å². The Balaban J connectivity index is 1.69. The lowest BCUT2D eigenvalue weighted by atomic mass is 10.1. The molecule has 2 nitrogen and oxygen atoms in total. The van der Waals surface area contributed by atoms with E-state index in [1.54, 1.807) is 13.2 Å². The quantitative estimate of drug-likeness (QED) is 0.796. The highest BCUT2D eigenvalue weighted by atomic mass is 19.1. The van der Waals surface area contributed by atoms with Crippen LogP contribution in [0.4, 0.5) is 4.39 Å². The van der Waals surface area contributed by atoms with Crippen LogP contribution in [0.2, 0.25) is 0 Å². The number of hydrogen-bond acceptors (Lipinski definition) is 2. The van der Waals surface area contributed by atoms with Crippen LogP contribution in [0, 0.1) is 5.82 Å². The number of halogens is 1. The van der Waals surface area contributed by atoms with E-state index in [1.807, 2.05) is 24.3 Å². The lowest BCUT2D eigenvalue weighted by molar-refractivity contribution is 0.414. The summed E-state index contributed by atoms with van der Waals surface area (Å²) in [5.74, 6) is 0.773. The van der Waals surface area contributed by atoms with E-state index in [9.17, 15) is 4.39 Å². The molecule has 0 saturated carbocycles. The number of hydrogen-bond donors (Lipinski definition) is 1. The van der Waals surface area contributed by atoms with Gasteiger partial charge in [0.1, 0.15) is 11.6 Å². The number of ether oxygens (including phenoxy) is 1. The van der Waals surface area contributed by atoms with Gasteiger partial charge in [0.15, 0.2) is 0 Å². The van der Waals surface area contributed by atoms with Gasteiger partial charge in [-0.25, -0.2) is 4.39 Å². The maximum absolute atomic E-state index is 13.5. The molecule has 0 heterocycles. The topological polar surface area (TPSA) is 21.3 Å². The van der Waals surface area contributed by atoms with Crippen molar-refractivity contribution in [2.45, 2.75) is 32.2 Å². The summed E-state index contributed by atoms with van der Waals surface area (Å²) in [7, 11) is 1.68. The second-order valence-electron chi connectivity index (χ2n) is 5.58. The van der Waals surface area contributed by atoms with Crippen molar-refractivity contribution in [3.63, 3.8) is 0 Å². The zero-order valence-corrected chi connectivity index (χ0v) is 13.3. The minimum absolute atomic E-state index is 0.116. The predicted octanol–water partition coefficient (Wildman–Crippen LogP) is 3.99. The van der Waals surface area contributed by atoms with E-state index in [-0.39, 0.29) is 5.82 Å². The Morgan fingerprint density at radius 3 is 2.45 bits per heavy atom. The van der Waals surface area contributed by atoms with Gasteiger partial charge in [0, 0.05) is 6.04 Å². The van der Waals surface area contributed by atoms with Gasteiger partial charge in [-0.3, -0.25) is 0 Å². The predicted molar refractivity (Wildman–Crippen MR) is 88.9 cm³/mol. The molecule has 0 aliphatic carbocycles. The second-order valence-corrected chi connectivity index (χ2v) is 5.58. The van der Waals surface area contributed by atoms with Crippen LogP contribution in [0.15, 0.2) is 48.5 Å². The summed E-state index contributed by atoms with van der Waals surface area (Å²) in [6, 6.07) is 15.6. The first kappa shape index (κ1) is 16.5. The molecule has 0 fully saturated rings. The largest absolute Gasteiger partial charge is 0.497 e. The molecule has 22 heavy (non-hydrogen) atoms. The number of benzene rings is 2. The van der Waals surface area contributed by atoms with Crippen LogP contribution in [-0.2, 0) is 12.8 Å². The highest BCUT2D eigenvalue weighted by Crippen LogP contribution is 2.13. The van der Waals surface area contributed by atoms with Crippen molar-refractivity contribution in [3.8, 4) is 5.75 Å². The van der Waals surface area contributed by atoms with Crippen molar-refractivity contribution in [1.82, 2.24) is 5.32 Å². The van der Waals surface area contributed by atoms with Crippen molar-refractivity contribution < 1.29 is 9.13 Å². The molecule has 118 valence electrons. The van der Waals surface area contributed by atoms with E-state index in [0.29, 0.717) is 6.04 Å². The maximum Gasteiger partial charge on any atom is 0.126 e. The Morgan fingerprint density at radius 2 is 1.77 bits per heavy atom. The average Bonchev–Trinajstić information content (AvgIpc) is 2.55. The third-order valence-electron chi connectivity index (χ3n) is 3.87. The molecular formula is C19H24FNO. The van der Waals surface area contributed by atoms with Gasteiger partial charge < -0.3 is 10.1 Å². The fourth-order valence-electron chi connectivity index (χ4n) is 2.43. The highest BCUT2D eigenvalue weighted by molar-refractivity contribution is 5.27. The first-order chi connectivity index (χ1) is 10.7. The SMILES string of the molecule is COc1ccc(CC[C@@H](C)NCCc2ccccc2F)cc1. The van der Waals surface area contributed by atoms with Crippen LogP contribution in [0.5, 0.6) is 5.75 Å². The summed E-state index contributed by atoms with van der Waals surface area (Å²) in [4.78, 5) is 0. The molecule has 2 rings (SSSR count). The lowest BCUT2D eigenvalue weighted by Gasteiger charge is -2.14. The monoisotopic (exact) mass is 301 g/mol. The zero-order valence-electron chi connectivity index (χ0n) is 13.3. The van der Waals surface area contributed by atoms with E-state index in [0.717, 1.165) is 37.1 Å². The molecule has 1 atom stereocenters. The second kappa shape index (κ2) is 8.54. The van der Waals surface area contributed by atoms with E-state index < -0.39 is 0 Å². The van der Waals surface area contributed by atoms with E-state index in [1.165, 1.54) is 11.6 Å². The molecule has 0 unspecified atom stereocenters. The third-order valence-corrected chi connectivity index (χ3v) is 3.87. The zero-order chi connectivity index (χ0) is 15.8. The van der Waals surface area contributed by atoms with Crippen LogP contribution in [-0.4, -0.2) is 19.7 Å². The maximum atomic E-state index is 13.5. The van der Waals surface area contributed by atoms with E-state index in [4.69, 9.17) is 4.74 Å². The van der Waals surface area contributed by atoms with E-state index in [2.05, 4.69) is 24.4 Å². The van der Waals surface area contributed by atoms with Crippen LogP contribution >= 0.6 is 0 Å². The third kappa shape index (κ3) is 5.15. The Hall–Kier alpha value is -1.87. The van der Waals surface area contributed by atoms with Gasteiger partial charge in [0.2, 0.25) is 0 Å². The number of aryl methyl sites for hydroxylation is 1. The molecule has 1 N–H and O–H groups in total. The first-order valence-electron chi connectivity index (χ1n) is 7.79. The van der Waals surface area contributed by atoms with Crippen molar-refractivity contribution >= 4 is 0 Å². The van der Waals surface area contributed by atoms with Crippen molar-refractivity contribution in [1.29, 1.82) is 0 Å². The fraction of sp³-hybridized carbons (Fsp3) is 0.368. The Morgan fingerprint density at radius 1 is 1.05 bits per heavy atom. The van der Waals surface area contributed by atoms with Gasteiger partial charge in [0.05, 0.1) is 7.11 Å². The van der Waals surface area contributed by atoms with Gasteiger partial charge in [-0.15, -0.1) is 0 Å². The molecule has 2 aromatic rings. The summed E-state index contributed by atoms with van der Waals surface area (Å²) >= 11 is 0. The first-order valence-corrected chi connectivity index (χ1v) is 7.79. The molecule has 0 amide bonds. The number of rotatable bonds is 8. The molecule has 3 heteroatoms. The molecule has 0 radical (unpaired) electrons. The average molecular weight is 301 g/mol. The van der Waals surface area contributed by atoms with Gasteiger partial charge in [-0.1, -0.05) is 30.3 Å². The number of nitrogens with one attached hydrogen (secondary N) is 1. The van der Waals surface area contributed by atoms with Crippen LogP contribution < -0.4 is 10.1 Å². The fourth-order valence-corrected chi connectivity index (χ4v) is 2.43. The number of methoxy groups -OCH3 is 1. The Bertz CT molecular complexity index is 568. The summed E-state index contributed by atoms with van der Waals surface area (Å²) in [6.45, 7) is 2.97. The smallest absolute Gasteiger partial charge is 0.126 e.